The van der Waals surface area contributed by atoms with Crippen LogP contribution in [-0.2, 0) is 6.42 Å². The molecule has 0 N–H and O–H groups in total. The third-order valence-corrected chi connectivity index (χ3v) is 5.90. The Morgan fingerprint density at radius 2 is 1.80 bits per heavy atom. The summed E-state index contributed by atoms with van der Waals surface area (Å²) in [6.45, 7) is 6.13. The molecule has 0 radical (unpaired) electrons. The number of anilines is 2. The van der Waals surface area contributed by atoms with E-state index in [0.717, 1.165) is 49.0 Å². The van der Waals surface area contributed by atoms with Crippen molar-refractivity contribution in [2.45, 2.75) is 13.3 Å². The number of fused-ring (bicyclic) bond motifs is 1. The Morgan fingerprint density at radius 3 is 2.56 bits per heavy atom. The van der Waals surface area contributed by atoms with Gasteiger partial charge in [-0.2, -0.15) is 0 Å². The van der Waals surface area contributed by atoms with Crippen molar-refractivity contribution in [2.24, 2.45) is 0 Å². The van der Waals surface area contributed by atoms with Crippen LogP contribution in [0.1, 0.15) is 12.5 Å². The average molecular weight is 353 g/mol. The molecule has 0 unspecified atom stereocenters. The monoisotopic (exact) mass is 353 g/mol. The molecule has 0 aliphatic carbocycles. The summed E-state index contributed by atoms with van der Waals surface area (Å²) in [6.07, 6.45) is 1.07. The maximum atomic E-state index is 5.51. The number of aryl methyl sites for hydroxylation is 1. The van der Waals surface area contributed by atoms with Crippen LogP contribution in [0.5, 0.6) is 5.75 Å². The second-order valence-electron chi connectivity index (χ2n) is 6.30. The van der Waals surface area contributed by atoms with Crippen LogP contribution in [-0.4, -0.2) is 38.3 Å². The zero-order valence-corrected chi connectivity index (χ0v) is 15.6. The maximum Gasteiger partial charge on any atom is 0.186 e. The first kappa shape index (κ1) is 16.2. The number of benzene rings is 2. The summed E-state index contributed by atoms with van der Waals surface area (Å²) in [6, 6.07) is 14.9. The van der Waals surface area contributed by atoms with Crippen molar-refractivity contribution in [1.29, 1.82) is 0 Å². The highest BCUT2D eigenvalue weighted by atomic mass is 32.1. The Bertz CT molecular complexity index is 868. The largest absolute Gasteiger partial charge is 0.495 e. The molecule has 0 atom stereocenters. The Hall–Kier alpha value is -2.27. The van der Waals surface area contributed by atoms with Gasteiger partial charge < -0.3 is 14.5 Å². The smallest absolute Gasteiger partial charge is 0.186 e. The van der Waals surface area contributed by atoms with E-state index in [4.69, 9.17) is 9.72 Å². The fourth-order valence-electron chi connectivity index (χ4n) is 3.34. The van der Waals surface area contributed by atoms with Gasteiger partial charge in [0.15, 0.2) is 5.13 Å². The van der Waals surface area contributed by atoms with E-state index in [1.54, 1.807) is 7.11 Å². The molecule has 4 nitrogen and oxygen atoms in total. The van der Waals surface area contributed by atoms with E-state index in [0.29, 0.717) is 0 Å². The highest BCUT2D eigenvalue weighted by Gasteiger charge is 2.21. The van der Waals surface area contributed by atoms with Gasteiger partial charge in [-0.1, -0.05) is 36.5 Å². The lowest BCUT2D eigenvalue weighted by Gasteiger charge is -2.36. The summed E-state index contributed by atoms with van der Waals surface area (Å²) in [4.78, 5) is 9.65. The van der Waals surface area contributed by atoms with Crippen LogP contribution in [0.4, 0.5) is 10.8 Å². The summed E-state index contributed by atoms with van der Waals surface area (Å²) >= 11 is 1.81. The van der Waals surface area contributed by atoms with Crippen molar-refractivity contribution in [3.63, 3.8) is 0 Å². The molecule has 3 aromatic rings. The zero-order valence-electron chi connectivity index (χ0n) is 14.7. The van der Waals surface area contributed by atoms with E-state index in [-0.39, 0.29) is 0 Å². The predicted molar refractivity (Wildman–Crippen MR) is 106 cm³/mol. The van der Waals surface area contributed by atoms with Crippen LogP contribution in [0, 0.1) is 0 Å². The lowest BCUT2D eigenvalue weighted by atomic mass is 10.2. The van der Waals surface area contributed by atoms with Gasteiger partial charge in [-0.25, -0.2) is 4.98 Å². The topological polar surface area (TPSA) is 28.6 Å². The molecule has 1 fully saturated rings. The first-order valence-electron chi connectivity index (χ1n) is 8.81. The van der Waals surface area contributed by atoms with Gasteiger partial charge in [0.2, 0.25) is 0 Å². The van der Waals surface area contributed by atoms with Gasteiger partial charge in [0.1, 0.15) is 5.75 Å². The van der Waals surface area contributed by atoms with E-state index in [1.807, 2.05) is 23.5 Å². The van der Waals surface area contributed by atoms with Crippen molar-refractivity contribution >= 4 is 32.4 Å². The summed E-state index contributed by atoms with van der Waals surface area (Å²) < 4.78 is 6.80. The molecule has 1 saturated heterocycles. The molecule has 1 aromatic heterocycles. The van der Waals surface area contributed by atoms with E-state index >= 15 is 0 Å². The molecule has 2 aromatic carbocycles. The van der Waals surface area contributed by atoms with Gasteiger partial charge in [-0.3, -0.25) is 0 Å². The Kier molecular flexibility index (Phi) is 4.49. The first-order valence-corrected chi connectivity index (χ1v) is 9.62. The van der Waals surface area contributed by atoms with E-state index in [1.165, 1.54) is 16.0 Å². The van der Waals surface area contributed by atoms with Crippen LogP contribution < -0.4 is 14.5 Å². The third-order valence-electron chi connectivity index (χ3n) is 4.83. The Balaban J connectivity index is 1.50. The van der Waals surface area contributed by atoms with Crippen LogP contribution in [0.3, 0.4) is 0 Å². The lowest BCUT2D eigenvalue weighted by Crippen LogP contribution is -2.46. The van der Waals surface area contributed by atoms with Crippen LogP contribution >= 0.6 is 11.3 Å². The summed E-state index contributed by atoms with van der Waals surface area (Å²) in [7, 11) is 1.74. The lowest BCUT2D eigenvalue weighted by molar-refractivity contribution is 0.413. The van der Waals surface area contributed by atoms with E-state index in [9.17, 15) is 0 Å². The fraction of sp³-hybridized carbons (Fsp3) is 0.350. The molecule has 0 bridgehead atoms. The van der Waals surface area contributed by atoms with E-state index < -0.39 is 0 Å². The number of nitrogens with zero attached hydrogens (tertiary/aromatic N) is 3. The molecular formula is C20H23N3OS. The molecule has 25 heavy (non-hydrogen) atoms. The van der Waals surface area contributed by atoms with Gasteiger partial charge in [-0.05, 0) is 36.2 Å². The number of hydrogen-bond acceptors (Lipinski definition) is 5. The van der Waals surface area contributed by atoms with Gasteiger partial charge in [0, 0.05) is 26.2 Å². The highest BCUT2D eigenvalue weighted by molar-refractivity contribution is 7.22. The molecule has 0 spiro atoms. The molecule has 0 amide bonds. The fourth-order valence-corrected chi connectivity index (χ4v) is 4.42. The second-order valence-corrected chi connectivity index (χ2v) is 7.31. The molecule has 5 heteroatoms. The number of para-hydroxylation sites is 2. The van der Waals surface area contributed by atoms with Crippen molar-refractivity contribution in [2.75, 3.05) is 43.1 Å². The number of methoxy groups -OCH3 is 1. The number of ether oxygens (including phenoxy) is 1. The molecule has 130 valence electrons. The van der Waals surface area contributed by atoms with Crippen molar-refractivity contribution in [3.05, 3.63) is 48.0 Å². The number of hydrogen-bond donors (Lipinski definition) is 0. The van der Waals surface area contributed by atoms with Gasteiger partial charge in [0.25, 0.3) is 0 Å². The predicted octanol–water partition coefficient (Wildman–Crippen LogP) is 4.19. The van der Waals surface area contributed by atoms with Crippen LogP contribution in [0.15, 0.2) is 42.5 Å². The van der Waals surface area contributed by atoms with Gasteiger partial charge in [-0.15, -0.1) is 0 Å². The molecular weight excluding hydrogens is 330 g/mol. The second kappa shape index (κ2) is 6.92. The minimum Gasteiger partial charge on any atom is -0.495 e. The number of rotatable bonds is 4. The van der Waals surface area contributed by atoms with Crippen LogP contribution in [0.25, 0.3) is 10.2 Å². The number of thiazole rings is 1. The van der Waals surface area contributed by atoms with E-state index in [2.05, 4.69) is 47.1 Å². The number of piperazine rings is 1. The van der Waals surface area contributed by atoms with Crippen LogP contribution in [0.2, 0.25) is 0 Å². The standard InChI is InChI=1S/C20H23N3OS/c1-3-15-8-9-16-19(14-15)25-20(21-16)23-12-10-22(11-13-23)17-6-4-5-7-18(17)24-2/h4-9,14H,3,10-13H2,1-2H3. The molecule has 0 saturated carbocycles. The SMILES string of the molecule is CCc1ccc2nc(N3CCN(c4ccccc4OC)CC3)sc2c1. The van der Waals surface area contributed by atoms with Crippen molar-refractivity contribution in [1.82, 2.24) is 4.98 Å². The number of aromatic nitrogens is 1. The maximum absolute atomic E-state index is 5.51. The highest BCUT2D eigenvalue weighted by Crippen LogP contribution is 2.32. The quantitative estimate of drug-likeness (QED) is 0.703. The molecule has 1 aliphatic rings. The minimum atomic E-state index is 0.947. The van der Waals surface area contributed by atoms with Gasteiger partial charge >= 0.3 is 0 Å². The van der Waals surface area contributed by atoms with Gasteiger partial charge in [0.05, 0.1) is 23.0 Å². The zero-order chi connectivity index (χ0) is 17.2. The molecule has 1 aliphatic heterocycles. The molecule has 4 rings (SSSR count). The first-order chi connectivity index (χ1) is 12.3. The summed E-state index contributed by atoms with van der Waals surface area (Å²) in [5, 5.41) is 1.14. The Morgan fingerprint density at radius 1 is 1.04 bits per heavy atom. The normalized spacial score (nSPS) is 15.0. The molecule has 2 heterocycles. The Labute approximate surface area is 152 Å². The van der Waals surface area contributed by atoms with Crippen molar-refractivity contribution in [3.8, 4) is 5.75 Å². The average Bonchev–Trinajstić information content (AvgIpc) is 3.11. The minimum absolute atomic E-state index is 0.947. The third kappa shape index (κ3) is 3.16. The van der Waals surface area contributed by atoms with Crippen molar-refractivity contribution < 1.29 is 4.74 Å². The summed E-state index contributed by atoms with van der Waals surface area (Å²) in [5.74, 6) is 0.947. The summed E-state index contributed by atoms with van der Waals surface area (Å²) in [5.41, 5.74) is 3.68.